The number of fused-ring (bicyclic) bond motifs is 1. The largest absolute Gasteiger partial charge is 0.395 e. The number of rotatable bonds is 3. The highest BCUT2D eigenvalue weighted by Crippen LogP contribution is 2.40. The maximum absolute atomic E-state index is 12.7. The van der Waals surface area contributed by atoms with Crippen LogP contribution in [0.4, 0.5) is 5.00 Å². The Morgan fingerprint density at radius 2 is 2.14 bits per heavy atom. The molecular formula is C14H17N3O4S. The van der Waals surface area contributed by atoms with Crippen molar-refractivity contribution in [2.45, 2.75) is 31.8 Å². The molecule has 3 amide bonds. The van der Waals surface area contributed by atoms with Gasteiger partial charge in [0.05, 0.1) is 30.3 Å². The summed E-state index contributed by atoms with van der Waals surface area (Å²) in [7, 11) is 0. The van der Waals surface area contributed by atoms with Gasteiger partial charge in [0.15, 0.2) is 0 Å². The van der Waals surface area contributed by atoms with Gasteiger partial charge in [-0.25, -0.2) is 0 Å². The van der Waals surface area contributed by atoms with Gasteiger partial charge in [-0.1, -0.05) is 0 Å². The lowest BCUT2D eigenvalue weighted by atomic mass is 9.87. The fraction of sp³-hybridized carbons (Fsp3) is 0.500. The van der Waals surface area contributed by atoms with Crippen molar-refractivity contribution < 1.29 is 19.5 Å². The van der Waals surface area contributed by atoms with E-state index in [1.54, 1.807) is 12.3 Å². The van der Waals surface area contributed by atoms with Crippen molar-refractivity contribution in [3.8, 4) is 0 Å². The SMILES string of the molecule is C[C@@]1(N2Cc3c(csc3N)C2=O)CCC(=O)N(CCO)C1=O. The number of likely N-dealkylation sites (tertiary alicyclic amines) is 1. The third kappa shape index (κ3) is 1.94. The summed E-state index contributed by atoms with van der Waals surface area (Å²) in [6, 6.07) is 0. The Labute approximate surface area is 131 Å². The van der Waals surface area contributed by atoms with E-state index in [0.29, 0.717) is 10.6 Å². The Balaban J connectivity index is 1.92. The summed E-state index contributed by atoms with van der Waals surface area (Å²) in [6.45, 7) is 1.63. The number of carbonyl (C=O) groups excluding carboxylic acids is 3. The summed E-state index contributed by atoms with van der Waals surface area (Å²) in [4.78, 5) is 39.7. The van der Waals surface area contributed by atoms with Crippen molar-refractivity contribution in [3.05, 3.63) is 16.5 Å². The van der Waals surface area contributed by atoms with Gasteiger partial charge in [0.2, 0.25) is 5.91 Å². The number of β-amino-alcohol motifs (C(OH)–C–C–N with tert-alkyl or cyclic N) is 1. The van der Waals surface area contributed by atoms with Gasteiger partial charge in [-0.3, -0.25) is 19.3 Å². The zero-order chi connectivity index (χ0) is 16.1. The molecule has 7 nitrogen and oxygen atoms in total. The molecule has 0 aromatic carbocycles. The molecule has 0 bridgehead atoms. The third-order valence-electron chi connectivity index (χ3n) is 4.47. The molecule has 3 heterocycles. The summed E-state index contributed by atoms with van der Waals surface area (Å²) in [5.41, 5.74) is 6.10. The van der Waals surface area contributed by atoms with Crippen LogP contribution in [0, 0.1) is 0 Å². The van der Waals surface area contributed by atoms with Crippen LogP contribution in [0.3, 0.4) is 0 Å². The van der Waals surface area contributed by atoms with E-state index in [9.17, 15) is 14.4 Å². The Morgan fingerprint density at radius 3 is 2.77 bits per heavy atom. The van der Waals surface area contributed by atoms with Gasteiger partial charge in [0, 0.05) is 17.4 Å². The Morgan fingerprint density at radius 1 is 1.41 bits per heavy atom. The molecule has 0 aliphatic carbocycles. The van der Waals surface area contributed by atoms with E-state index >= 15 is 0 Å². The molecule has 8 heteroatoms. The highest BCUT2D eigenvalue weighted by Gasteiger charge is 2.51. The van der Waals surface area contributed by atoms with E-state index in [0.717, 1.165) is 10.5 Å². The molecule has 1 saturated heterocycles. The molecule has 22 heavy (non-hydrogen) atoms. The number of aliphatic hydroxyl groups is 1. The monoisotopic (exact) mass is 323 g/mol. The highest BCUT2D eigenvalue weighted by atomic mass is 32.1. The fourth-order valence-electron chi connectivity index (χ4n) is 3.09. The Hall–Kier alpha value is -1.93. The van der Waals surface area contributed by atoms with Crippen LogP contribution < -0.4 is 5.73 Å². The molecule has 0 spiro atoms. The number of nitrogen functional groups attached to an aromatic ring is 1. The molecular weight excluding hydrogens is 306 g/mol. The van der Waals surface area contributed by atoms with Crippen molar-refractivity contribution in [3.63, 3.8) is 0 Å². The van der Waals surface area contributed by atoms with Crippen LogP contribution >= 0.6 is 11.3 Å². The molecule has 3 rings (SSSR count). The van der Waals surface area contributed by atoms with Gasteiger partial charge in [-0.15, -0.1) is 11.3 Å². The van der Waals surface area contributed by atoms with Crippen LogP contribution in [-0.2, 0) is 16.1 Å². The lowest BCUT2D eigenvalue weighted by Gasteiger charge is -2.43. The lowest BCUT2D eigenvalue weighted by molar-refractivity contribution is -0.158. The predicted octanol–water partition coefficient (Wildman–Crippen LogP) is 0.186. The summed E-state index contributed by atoms with van der Waals surface area (Å²) < 4.78 is 0. The average molecular weight is 323 g/mol. The summed E-state index contributed by atoms with van der Waals surface area (Å²) in [5.74, 6) is -0.965. The maximum atomic E-state index is 12.7. The Kier molecular flexibility index (Phi) is 3.45. The summed E-state index contributed by atoms with van der Waals surface area (Å²) in [5, 5.41) is 11.3. The molecule has 1 aromatic heterocycles. The lowest BCUT2D eigenvalue weighted by Crippen LogP contribution is -2.62. The van der Waals surface area contributed by atoms with E-state index < -0.39 is 11.4 Å². The van der Waals surface area contributed by atoms with Crippen LogP contribution in [0.1, 0.15) is 35.7 Å². The second kappa shape index (κ2) is 5.06. The number of nitrogens with two attached hydrogens (primary N) is 1. The van der Waals surface area contributed by atoms with E-state index in [4.69, 9.17) is 10.8 Å². The van der Waals surface area contributed by atoms with Gasteiger partial charge in [-0.05, 0) is 13.3 Å². The van der Waals surface area contributed by atoms with E-state index in [1.807, 2.05) is 0 Å². The minimum Gasteiger partial charge on any atom is -0.395 e. The van der Waals surface area contributed by atoms with Crippen molar-refractivity contribution >= 4 is 34.1 Å². The minimum absolute atomic E-state index is 0.0430. The molecule has 2 aliphatic rings. The second-order valence-electron chi connectivity index (χ2n) is 5.73. The van der Waals surface area contributed by atoms with Crippen LogP contribution in [0.25, 0.3) is 0 Å². The molecule has 3 N–H and O–H groups in total. The van der Waals surface area contributed by atoms with Crippen LogP contribution in [-0.4, -0.2) is 51.3 Å². The minimum atomic E-state index is -1.08. The quantitative estimate of drug-likeness (QED) is 0.773. The molecule has 2 aliphatic heterocycles. The standard InChI is InChI=1S/C14H17N3O4S/c1-14(3-2-10(19)16(4-5-18)13(14)21)17-6-8-9(12(17)20)7-22-11(8)15/h7,18H,2-6,15H2,1H3/t14-/m1/s1. The zero-order valence-electron chi connectivity index (χ0n) is 12.2. The van der Waals surface area contributed by atoms with Crippen molar-refractivity contribution in [1.29, 1.82) is 0 Å². The van der Waals surface area contributed by atoms with Crippen molar-refractivity contribution in [2.75, 3.05) is 18.9 Å². The summed E-state index contributed by atoms with van der Waals surface area (Å²) >= 11 is 1.32. The molecule has 0 unspecified atom stereocenters. The Bertz CT molecular complexity index is 671. The molecule has 0 radical (unpaired) electrons. The van der Waals surface area contributed by atoms with Gasteiger partial charge >= 0.3 is 0 Å². The highest BCUT2D eigenvalue weighted by molar-refractivity contribution is 7.14. The maximum Gasteiger partial charge on any atom is 0.256 e. The number of piperidine rings is 1. The number of imide groups is 1. The first-order valence-corrected chi connectivity index (χ1v) is 7.91. The van der Waals surface area contributed by atoms with Crippen molar-refractivity contribution in [2.24, 2.45) is 0 Å². The average Bonchev–Trinajstić information content (AvgIpc) is 3.01. The zero-order valence-corrected chi connectivity index (χ0v) is 13.0. The first-order chi connectivity index (χ1) is 10.4. The number of nitrogens with zero attached hydrogens (tertiary/aromatic N) is 2. The van der Waals surface area contributed by atoms with E-state index in [-0.39, 0.29) is 44.4 Å². The number of aliphatic hydroxyl groups excluding tert-OH is 1. The fourth-order valence-corrected chi connectivity index (χ4v) is 3.89. The van der Waals surface area contributed by atoms with Crippen LogP contribution in [0.5, 0.6) is 0 Å². The van der Waals surface area contributed by atoms with Gasteiger partial charge in [0.25, 0.3) is 11.8 Å². The number of hydrogen-bond donors (Lipinski definition) is 2. The van der Waals surface area contributed by atoms with E-state index in [1.165, 1.54) is 16.2 Å². The molecule has 118 valence electrons. The first-order valence-electron chi connectivity index (χ1n) is 7.03. The first kappa shape index (κ1) is 15.0. The molecule has 1 fully saturated rings. The number of anilines is 1. The normalized spacial score (nSPS) is 25.1. The van der Waals surface area contributed by atoms with Crippen molar-refractivity contribution in [1.82, 2.24) is 9.80 Å². The molecule has 1 atom stereocenters. The second-order valence-corrected chi connectivity index (χ2v) is 6.64. The van der Waals surface area contributed by atoms with Gasteiger partial charge in [-0.2, -0.15) is 0 Å². The number of amides is 3. The topological polar surface area (TPSA) is 104 Å². The molecule has 0 saturated carbocycles. The smallest absolute Gasteiger partial charge is 0.256 e. The van der Waals surface area contributed by atoms with E-state index in [2.05, 4.69) is 0 Å². The third-order valence-corrected chi connectivity index (χ3v) is 5.32. The van der Waals surface area contributed by atoms with Gasteiger partial charge < -0.3 is 15.7 Å². The number of carbonyl (C=O) groups is 3. The predicted molar refractivity (Wildman–Crippen MR) is 80.0 cm³/mol. The summed E-state index contributed by atoms with van der Waals surface area (Å²) in [6.07, 6.45) is 0.459. The molecule has 1 aromatic rings. The number of thiophene rings is 1. The van der Waals surface area contributed by atoms with Crippen LogP contribution in [0.2, 0.25) is 0 Å². The van der Waals surface area contributed by atoms with Gasteiger partial charge in [0.1, 0.15) is 5.54 Å². The number of hydrogen-bond acceptors (Lipinski definition) is 6. The van der Waals surface area contributed by atoms with Crippen LogP contribution in [0.15, 0.2) is 5.38 Å².